The van der Waals surface area contributed by atoms with Crippen LogP contribution in [0, 0.1) is 12.7 Å². The highest BCUT2D eigenvalue weighted by molar-refractivity contribution is 7.09. The molecule has 1 aliphatic rings. The number of hydrogen-bond acceptors (Lipinski definition) is 5. The maximum absolute atomic E-state index is 13.0. The van der Waals surface area contributed by atoms with Crippen LogP contribution in [-0.4, -0.2) is 46.5 Å². The number of amides is 2. The number of halogens is 1. The first-order chi connectivity index (χ1) is 11.1. The summed E-state index contributed by atoms with van der Waals surface area (Å²) in [4.78, 5) is 20.4. The first-order valence-corrected chi connectivity index (χ1v) is 8.26. The van der Waals surface area contributed by atoms with Gasteiger partial charge in [0.15, 0.2) is 0 Å². The summed E-state index contributed by atoms with van der Waals surface area (Å²) in [7, 11) is 0. The van der Waals surface area contributed by atoms with Crippen LogP contribution in [0.15, 0.2) is 24.3 Å². The van der Waals surface area contributed by atoms with Gasteiger partial charge in [0.25, 0.3) is 0 Å². The summed E-state index contributed by atoms with van der Waals surface area (Å²) < 4.78 is 17.1. The number of carbonyl (C=O) groups excluding carboxylic acids is 1. The zero-order valence-corrected chi connectivity index (χ0v) is 13.6. The fraction of sp³-hybridized carbons (Fsp3) is 0.400. The molecule has 0 saturated carbocycles. The molecule has 3 rings (SSSR count). The topological polar surface area (TPSA) is 61.4 Å². The van der Waals surface area contributed by atoms with Crippen LogP contribution >= 0.6 is 11.5 Å². The molecule has 0 bridgehead atoms. The van der Waals surface area contributed by atoms with E-state index in [0.717, 1.165) is 18.7 Å². The highest BCUT2D eigenvalue weighted by Gasteiger charge is 2.20. The van der Waals surface area contributed by atoms with E-state index in [2.05, 4.69) is 19.6 Å². The molecule has 6 nitrogen and oxygen atoms in total. The smallest absolute Gasteiger partial charge is 0.323 e. The lowest BCUT2D eigenvalue weighted by molar-refractivity contribution is 0.215. The van der Waals surface area contributed by atoms with Gasteiger partial charge < -0.3 is 9.80 Å². The summed E-state index contributed by atoms with van der Waals surface area (Å²) in [5.41, 5.74) is 0.980. The van der Waals surface area contributed by atoms with Crippen LogP contribution in [0.25, 0.3) is 0 Å². The predicted molar refractivity (Wildman–Crippen MR) is 88.5 cm³/mol. The standard InChI is InChI=1S/C15H18FN5OS/c1-11-17-14(23-19-11)18-15(22)21-8-2-7-20(9-10-21)13-5-3-12(16)4-6-13/h3-6H,2,7-10H2,1H3,(H,17,18,19,22). The summed E-state index contributed by atoms with van der Waals surface area (Å²) in [6, 6.07) is 6.32. The monoisotopic (exact) mass is 335 g/mol. The number of urea groups is 1. The Balaban J connectivity index is 1.59. The minimum atomic E-state index is -0.239. The highest BCUT2D eigenvalue weighted by Crippen LogP contribution is 2.18. The Kier molecular flexibility index (Phi) is 4.71. The molecule has 1 aliphatic heterocycles. The Hall–Kier alpha value is -2.22. The van der Waals surface area contributed by atoms with Gasteiger partial charge >= 0.3 is 6.03 Å². The van der Waals surface area contributed by atoms with Crippen molar-refractivity contribution in [1.29, 1.82) is 0 Å². The van der Waals surface area contributed by atoms with E-state index in [-0.39, 0.29) is 11.8 Å². The molecule has 2 amide bonds. The van der Waals surface area contributed by atoms with Gasteiger partial charge in [-0.05, 0) is 37.6 Å². The molecular weight excluding hydrogens is 317 g/mol. The Labute approximate surface area is 138 Å². The van der Waals surface area contributed by atoms with Gasteiger partial charge in [-0.3, -0.25) is 5.32 Å². The zero-order valence-electron chi connectivity index (χ0n) is 12.8. The molecule has 0 radical (unpaired) electrons. The van der Waals surface area contributed by atoms with Gasteiger partial charge in [-0.2, -0.15) is 4.37 Å². The van der Waals surface area contributed by atoms with Crippen molar-refractivity contribution in [2.24, 2.45) is 0 Å². The Morgan fingerprint density at radius 1 is 1.22 bits per heavy atom. The van der Waals surface area contributed by atoms with Gasteiger partial charge in [-0.15, -0.1) is 0 Å². The lowest BCUT2D eigenvalue weighted by Gasteiger charge is -2.23. The molecule has 1 aromatic heterocycles. The first-order valence-electron chi connectivity index (χ1n) is 7.48. The average Bonchev–Trinajstić information content (AvgIpc) is 2.80. The number of rotatable bonds is 2. The summed E-state index contributed by atoms with van der Waals surface area (Å²) in [6.07, 6.45) is 0.861. The van der Waals surface area contributed by atoms with Gasteiger partial charge in [0.1, 0.15) is 11.6 Å². The van der Waals surface area contributed by atoms with Crippen LogP contribution in [0.1, 0.15) is 12.2 Å². The number of anilines is 2. The van der Waals surface area contributed by atoms with Crippen LogP contribution < -0.4 is 10.2 Å². The van der Waals surface area contributed by atoms with Crippen LogP contribution in [-0.2, 0) is 0 Å². The van der Waals surface area contributed by atoms with Crippen LogP contribution in [0.2, 0.25) is 0 Å². The van der Waals surface area contributed by atoms with E-state index >= 15 is 0 Å². The van der Waals surface area contributed by atoms with Crippen LogP contribution in [0.5, 0.6) is 0 Å². The van der Waals surface area contributed by atoms with Gasteiger partial charge in [0, 0.05) is 43.4 Å². The summed E-state index contributed by atoms with van der Waals surface area (Å²) in [5.74, 6) is 0.417. The average molecular weight is 335 g/mol. The molecule has 0 spiro atoms. The molecule has 2 aromatic rings. The molecule has 1 saturated heterocycles. The molecule has 0 atom stereocenters. The normalized spacial score (nSPS) is 15.4. The molecule has 0 aliphatic carbocycles. The van der Waals surface area contributed by atoms with Gasteiger partial charge in [-0.25, -0.2) is 14.2 Å². The molecule has 0 unspecified atom stereocenters. The molecule has 1 fully saturated rings. The predicted octanol–water partition coefficient (Wildman–Crippen LogP) is 2.73. The second kappa shape index (κ2) is 6.91. The van der Waals surface area contributed by atoms with E-state index in [1.54, 1.807) is 24.0 Å². The number of nitrogens with one attached hydrogen (secondary N) is 1. The van der Waals surface area contributed by atoms with Crippen molar-refractivity contribution in [3.63, 3.8) is 0 Å². The third-order valence-corrected chi connectivity index (χ3v) is 4.44. The molecule has 122 valence electrons. The van der Waals surface area contributed by atoms with E-state index in [4.69, 9.17) is 0 Å². The third-order valence-electron chi connectivity index (χ3n) is 3.72. The maximum atomic E-state index is 13.0. The van der Waals surface area contributed by atoms with Crippen molar-refractivity contribution in [2.75, 3.05) is 36.4 Å². The van der Waals surface area contributed by atoms with Crippen molar-refractivity contribution in [1.82, 2.24) is 14.3 Å². The number of benzene rings is 1. The summed E-state index contributed by atoms with van der Waals surface area (Å²) >= 11 is 1.18. The third kappa shape index (κ3) is 3.95. The molecule has 23 heavy (non-hydrogen) atoms. The minimum absolute atomic E-state index is 0.151. The Bertz CT molecular complexity index is 675. The number of aryl methyl sites for hydroxylation is 1. The van der Waals surface area contributed by atoms with E-state index < -0.39 is 0 Å². The quantitative estimate of drug-likeness (QED) is 0.917. The van der Waals surface area contributed by atoms with E-state index in [1.165, 1.54) is 23.7 Å². The maximum Gasteiger partial charge on any atom is 0.323 e. The Morgan fingerprint density at radius 2 is 2.00 bits per heavy atom. The van der Waals surface area contributed by atoms with E-state index in [0.29, 0.717) is 30.6 Å². The molecule has 2 heterocycles. The number of hydrogen-bond donors (Lipinski definition) is 1. The lowest BCUT2D eigenvalue weighted by Crippen LogP contribution is -2.38. The van der Waals surface area contributed by atoms with E-state index in [1.807, 2.05) is 0 Å². The van der Waals surface area contributed by atoms with Crippen molar-refractivity contribution in [3.05, 3.63) is 35.9 Å². The minimum Gasteiger partial charge on any atom is -0.370 e. The van der Waals surface area contributed by atoms with Crippen LogP contribution in [0.4, 0.5) is 20.0 Å². The molecule has 1 N–H and O–H groups in total. The van der Waals surface area contributed by atoms with E-state index in [9.17, 15) is 9.18 Å². The van der Waals surface area contributed by atoms with Gasteiger partial charge in [-0.1, -0.05) is 0 Å². The number of aromatic nitrogens is 2. The highest BCUT2D eigenvalue weighted by atomic mass is 32.1. The summed E-state index contributed by atoms with van der Waals surface area (Å²) in [5, 5.41) is 3.31. The van der Waals surface area contributed by atoms with Gasteiger partial charge in [0.2, 0.25) is 5.13 Å². The fourth-order valence-electron chi connectivity index (χ4n) is 2.55. The fourth-order valence-corrected chi connectivity index (χ4v) is 3.11. The number of carbonyl (C=O) groups is 1. The second-order valence-corrected chi connectivity index (χ2v) is 6.13. The molecular formula is C15H18FN5OS. The zero-order chi connectivity index (χ0) is 16.2. The van der Waals surface area contributed by atoms with Crippen molar-refractivity contribution in [3.8, 4) is 0 Å². The van der Waals surface area contributed by atoms with Crippen LogP contribution in [0.3, 0.4) is 0 Å². The largest absolute Gasteiger partial charge is 0.370 e. The Morgan fingerprint density at radius 3 is 2.70 bits per heavy atom. The van der Waals surface area contributed by atoms with Gasteiger partial charge in [0.05, 0.1) is 0 Å². The van der Waals surface area contributed by atoms with Crippen molar-refractivity contribution in [2.45, 2.75) is 13.3 Å². The second-order valence-electron chi connectivity index (χ2n) is 5.38. The van der Waals surface area contributed by atoms with Crippen molar-refractivity contribution < 1.29 is 9.18 Å². The SMILES string of the molecule is Cc1nsc(NC(=O)N2CCCN(c3ccc(F)cc3)CC2)n1. The molecule has 1 aromatic carbocycles. The summed E-state index contributed by atoms with van der Waals surface area (Å²) in [6.45, 7) is 4.64. The van der Waals surface area contributed by atoms with Crippen molar-refractivity contribution >= 4 is 28.4 Å². The lowest BCUT2D eigenvalue weighted by atomic mass is 10.2. The first kappa shape index (κ1) is 15.7. The molecule has 8 heteroatoms. The number of nitrogens with zero attached hydrogens (tertiary/aromatic N) is 4.